The fraction of sp³-hybridized carbons (Fsp3) is 0.750. The summed E-state index contributed by atoms with van der Waals surface area (Å²) in [5.41, 5.74) is 1.53. The molecule has 4 aliphatic rings. The number of hydrogen-bond donors (Lipinski definition) is 0. The summed E-state index contributed by atoms with van der Waals surface area (Å²) in [5.74, 6) is 1.65. The Balaban J connectivity index is 1.45. The predicted octanol–water partition coefficient (Wildman–Crippen LogP) is 0.810. The molecule has 5 rings (SSSR count). The molecule has 1 unspecified atom stereocenters. The van der Waals surface area contributed by atoms with Gasteiger partial charge < -0.3 is 24.3 Å². The second kappa shape index (κ2) is 9.65. The highest BCUT2D eigenvalue weighted by atomic mass is 16.5. The molecule has 0 N–H and O–H groups in total. The summed E-state index contributed by atoms with van der Waals surface area (Å²) < 4.78 is 5.54. The van der Waals surface area contributed by atoms with Gasteiger partial charge in [0.1, 0.15) is 11.5 Å². The summed E-state index contributed by atoms with van der Waals surface area (Å²) in [6, 6.07) is 0.488. The van der Waals surface area contributed by atoms with E-state index < -0.39 is 0 Å². The molecule has 1 aromatic rings. The van der Waals surface area contributed by atoms with Crippen molar-refractivity contribution in [2.24, 2.45) is 0 Å². The summed E-state index contributed by atoms with van der Waals surface area (Å²) in [6.45, 7) is 14.4. The van der Waals surface area contributed by atoms with Crippen LogP contribution in [0, 0.1) is 0 Å². The molecule has 2 amide bonds. The molecule has 0 saturated carbocycles. The van der Waals surface area contributed by atoms with Gasteiger partial charge in [0, 0.05) is 76.9 Å². The van der Waals surface area contributed by atoms with Gasteiger partial charge in [0.2, 0.25) is 11.9 Å². The molecule has 5 heterocycles. The Bertz CT molecular complexity index is 925. The predicted molar refractivity (Wildman–Crippen MR) is 129 cm³/mol. The van der Waals surface area contributed by atoms with Crippen molar-refractivity contribution in [3.63, 3.8) is 0 Å². The van der Waals surface area contributed by atoms with Gasteiger partial charge in [0.05, 0.1) is 19.8 Å². The van der Waals surface area contributed by atoms with Gasteiger partial charge in [0.25, 0.3) is 5.91 Å². The number of aromatic nitrogens is 2. The van der Waals surface area contributed by atoms with E-state index in [9.17, 15) is 9.59 Å². The van der Waals surface area contributed by atoms with E-state index in [1.807, 2.05) is 9.80 Å². The largest absolute Gasteiger partial charge is 0.379 e. The molecule has 10 heteroatoms. The number of ether oxygens (including phenoxy) is 1. The standard InChI is InChI=1S/C24H37N7O3/c1-17(2)31-16-20-21(23(31)33)25-24(29-9-7-28(8-10-29)18(3)32)26-22(20)30-6-4-5-19(30)15-27-11-13-34-14-12-27/h17,19H,4-16H2,1-3H3. The minimum atomic E-state index is 0.00111. The van der Waals surface area contributed by atoms with Gasteiger partial charge in [-0.25, -0.2) is 4.98 Å². The molecule has 4 aliphatic heterocycles. The third-order valence-electron chi connectivity index (χ3n) is 7.62. The van der Waals surface area contributed by atoms with Crippen molar-refractivity contribution in [1.29, 1.82) is 0 Å². The van der Waals surface area contributed by atoms with Crippen molar-refractivity contribution < 1.29 is 14.3 Å². The van der Waals surface area contributed by atoms with Gasteiger partial charge in [0.15, 0.2) is 0 Å². The fourth-order valence-electron chi connectivity index (χ4n) is 5.56. The van der Waals surface area contributed by atoms with Crippen LogP contribution >= 0.6 is 0 Å². The number of carbonyl (C=O) groups is 2. The van der Waals surface area contributed by atoms with Crippen LogP contribution in [0.1, 0.15) is 49.7 Å². The minimum Gasteiger partial charge on any atom is -0.379 e. The first-order valence-corrected chi connectivity index (χ1v) is 12.7. The Kier molecular flexibility index (Phi) is 6.61. The first kappa shape index (κ1) is 23.3. The second-order valence-electron chi connectivity index (χ2n) is 10.1. The molecule has 0 aliphatic carbocycles. The maximum absolute atomic E-state index is 13.3. The number of anilines is 2. The molecule has 3 saturated heterocycles. The van der Waals surface area contributed by atoms with Crippen molar-refractivity contribution in [3.8, 4) is 0 Å². The molecule has 0 bridgehead atoms. The summed E-state index contributed by atoms with van der Waals surface area (Å²) in [7, 11) is 0. The van der Waals surface area contributed by atoms with E-state index >= 15 is 0 Å². The highest BCUT2D eigenvalue weighted by molar-refractivity contribution is 5.98. The molecular formula is C24H37N7O3. The summed E-state index contributed by atoms with van der Waals surface area (Å²) in [6.07, 6.45) is 2.26. The Hall–Kier alpha value is -2.46. The number of morpholine rings is 1. The van der Waals surface area contributed by atoms with Crippen LogP contribution in [-0.2, 0) is 16.1 Å². The average molecular weight is 472 g/mol. The van der Waals surface area contributed by atoms with Gasteiger partial charge in [-0.3, -0.25) is 14.5 Å². The summed E-state index contributed by atoms with van der Waals surface area (Å²) >= 11 is 0. The Morgan fingerprint density at radius 1 is 1.06 bits per heavy atom. The van der Waals surface area contributed by atoms with Gasteiger partial charge in [-0.15, -0.1) is 0 Å². The van der Waals surface area contributed by atoms with Crippen molar-refractivity contribution >= 4 is 23.6 Å². The van der Waals surface area contributed by atoms with E-state index in [1.165, 1.54) is 0 Å². The third-order valence-corrected chi connectivity index (χ3v) is 7.62. The van der Waals surface area contributed by atoms with Crippen LogP contribution < -0.4 is 9.80 Å². The van der Waals surface area contributed by atoms with Crippen molar-refractivity contribution in [3.05, 3.63) is 11.3 Å². The van der Waals surface area contributed by atoms with E-state index in [2.05, 4.69) is 28.5 Å². The molecule has 0 radical (unpaired) electrons. The Labute approximate surface area is 201 Å². The number of piperazine rings is 1. The highest BCUT2D eigenvalue weighted by Crippen LogP contribution is 2.36. The molecule has 0 aromatic carbocycles. The van der Waals surface area contributed by atoms with Gasteiger partial charge in [-0.05, 0) is 26.7 Å². The maximum Gasteiger partial charge on any atom is 0.273 e. The third kappa shape index (κ3) is 4.45. The highest BCUT2D eigenvalue weighted by Gasteiger charge is 2.39. The lowest BCUT2D eigenvalue weighted by atomic mass is 10.1. The van der Waals surface area contributed by atoms with E-state index in [-0.39, 0.29) is 17.9 Å². The van der Waals surface area contributed by atoms with Crippen molar-refractivity contribution in [2.75, 3.05) is 75.4 Å². The molecule has 10 nitrogen and oxygen atoms in total. The number of carbonyl (C=O) groups excluding carboxylic acids is 2. The summed E-state index contributed by atoms with van der Waals surface area (Å²) in [5, 5.41) is 0. The average Bonchev–Trinajstić information content (AvgIpc) is 3.43. The van der Waals surface area contributed by atoms with Crippen LogP contribution in [0.2, 0.25) is 0 Å². The SMILES string of the molecule is CC(=O)N1CCN(c2nc3c(c(N4CCCC4CN4CCOCC4)n2)CN(C(C)C)C3=O)CC1. The first-order valence-electron chi connectivity index (χ1n) is 12.7. The lowest BCUT2D eigenvalue weighted by molar-refractivity contribution is -0.129. The van der Waals surface area contributed by atoms with Gasteiger partial charge in [-0.2, -0.15) is 4.98 Å². The number of hydrogen-bond acceptors (Lipinski definition) is 8. The Morgan fingerprint density at radius 2 is 1.79 bits per heavy atom. The lowest BCUT2D eigenvalue weighted by Crippen LogP contribution is -2.49. The van der Waals surface area contributed by atoms with E-state index in [4.69, 9.17) is 14.7 Å². The van der Waals surface area contributed by atoms with Crippen LogP contribution in [0.5, 0.6) is 0 Å². The minimum absolute atomic E-state index is 0.00111. The quantitative estimate of drug-likeness (QED) is 0.624. The monoisotopic (exact) mass is 471 g/mol. The zero-order chi connectivity index (χ0) is 23.8. The zero-order valence-electron chi connectivity index (χ0n) is 20.7. The molecule has 3 fully saturated rings. The molecule has 1 atom stereocenters. The lowest BCUT2D eigenvalue weighted by Gasteiger charge is -2.36. The van der Waals surface area contributed by atoms with Crippen molar-refractivity contribution in [1.82, 2.24) is 24.7 Å². The number of amides is 2. The Morgan fingerprint density at radius 3 is 2.47 bits per heavy atom. The first-order chi connectivity index (χ1) is 16.4. The zero-order valence-corrected chi connectivity index (χ0v) is 20.7. The number of fused-ring (bicyclic) bond motifs is 1. The van der Waals surface area contributed by atoms with Crippen LogP contribution in [0.4, 0.5) is 11.8 Å². The van der Waals surface area contributed by atoms with Gasteiger partial charge in [-0.1, -0.05) is 0 Å². The second-order valence-corrected chi connectivity index (χ2v) is 10.1. The van der Waals surface area contributed by atoms with E-state index in [0.717, 1.165) is 63.6 Å². The van der Waals surface area contributed by atoms with Crippen LogP contribution in [0.25, 0.3) is 0 Å². The van der Waals surface area contributed by atoms with Crippen LogP contribution in [0.3, 0.4) is 0 Å². The topological polar surface area (TPSA) is 85.3 Å². The van der Waals surface area contributed by atoms with E-state index in [1.54, 1.807) is 6.92 Å². The summed E-state index contributed by atoms with van der Waals surface area (Å²) in [4.78, 5) is 45.8. The van der Waals surface area contributed by atoms with E-state index in [0.29, 0.717) is 50.4 Å². The fourth-order valence-corrected chi connectivity index (χ4v) is 5.56. The van der Waals surface area contributed by atoms with Crippen LogP contribution in [-0.4, -0.2) is 114 Å². The smallest absolute Gasteiger partial charge is 0.273 e. The molecule has 34 heavy (non-hydrogen) atoms. The number of rotatable bonds is 5. The molecule has 0 spiro atoms. The molecule has 1 aromatic heterocycles. The molecule has 186 valence electrons. The van der Waals surface area contributed by atoms with Crippen LogP contribution in [0.15, 0.2) is 0 Å². The van der Waals surface area contributed by atoms with Crippen molar-refractivity contribution in [2.45, 2.75) is 52.2 Å². The number of nitrogens with zero attached hydrogens (tertiary/aromatic N) is 7. The maximum atomic E-state index is 13.3. The van der Waals surface area contributed by atoms with Gasteiger partial charge >= 0.3 is 0 Å². The normalized spacial score (nSPS) is 23.9. The molecular weight excluding hydrogens is 434 g/mol.